The van der Waals surface area contributed by atoms with Gasteiger partial charge in [-0.1, -0.05) is 64.6 Å². The molecule has 10 heteroatoms. The Hall–Kier alpha value is -2.35. The molecule has 0 radical (unpaired) electrons. The highest BCUT2D eigenvalue weighted by molar-refractivity contribution is 8.18. The first-order valence-electron chi connectivity index (χ1n) is 10.8. The number of halogens is 4. The van der Waals surface area contributed by atoms with Crippen molar-refractivity contribution in [2.45, 2.75) is 20.1 Å². The number of amides is 2. The predicted octanol–water partition coefficient (Wildman–Crippen LogP) is 8.51. The summed E-state index contributed by atoms with van der Waals surface area (Å²) in [5.74, 6) is 0.619. The van der Waals surface area contributed by atoms with Crippen molar-refractivity contribution in [3.63, 3.8) is 0 Å². The number of hydrogen-bond donors (Lipinski definition) is 0. The van der Waals surface area contributed by atoms with Crippen LogP contribution in [0.15, 0.2) is 59.5 Å². The van der Waals surface area contributed by atoms with Crippen molar-refractivity contribution in [3.05, 3.63) is 96.3 Å². The number of carbonyl (C=O) groups excluding carboxylic acids is 2. The Morgan fingerprint density at radius 3 is 2.31 bits per heavy atom. The van der Waals surface area contributed by atoms with Crippen LogP contribution in [0.3, 0.4) is 0 Å². The molecule has 0 aliphatic carbocycles. The molecule has 3 aromatic rings. The van der Waals surface area contributed by atoms with Crippen LogP contribution in [0.4, 0.5) is 4.79 Å². The molecule has 0 aromatic heterocycles. The maximum absolute atomic E-state index is 13.0. The molecule has 0 unspecified atom stereocenters. The van der Waals surface area contributed by atoms with Crippen LogP contribution in [-0.4, -0.2) is 22.7 Å². The van der Waals surface area contributed by atoms with Gasteiger partial charge >= 0.3 is 0 Å². The Kier molecular flexibility index (Phi) is 8.75. The van der Waals surface area contributed by atoms with Crippen molar-refractivity contribution in [1.29, 1.82) is 0 Å². The van der Waals surface area contributed by atoms with Gasteiger partial charge in [-0.2, -0.15) is 0 Å². The van der Waals surface area contributed by atoms with E-state index in [9.17, 15) is 9.59 Å². The van der Waals surface area contributed by atoms with E-state index in [2.05, 4.69) is 0 Å². The summed E-state index contributed by atoms with van der Waals surface area (Å²) in [7, 11) is 0. The molecule has 0 N–H and O–H groups in total. The molecule has 1 heterocycles. The van der Waals surface area contributed by atoms with Gasteiger partial charge in [0.15, 0.2) is 11.5 Å². The van der Waals surface area contributed by atoms with E-state index >= 15 is 0 Å². The van der Waals surface area contributed by atoms with Crippen molar-refractivity contribution in [2.24, 2.45) is 0 Å². The fourth-order valence-corrected chi connectivity index (χ4v) is 5.10. The first kappa shape index (κ1) is 26.7. The highest BCUT2D eigenvalue weighted by atomic mass is 35.5. The van der Waals surface area contributed by atoms with Gasteiger partial charge in [-0.3, -0.25) is 14.5 Å². The quantitative estimate of drug-likeness (QED) is 0.249. The third-order valence-electron chi connectivity index (χ3n) is 5.20. The molecule has 0 bridgehead atoms. The van der Waals surface area contributed by atoms with Gasteiger partial charge in [0.05, 0.1) is 28.1 Å². The Morgan fingerprint density at radius 2 is 1.61 bits per heavy atom. The van der Waals surface area contributed by atoms with E-state index in [-0.39, 0.29) is 18.1 Å². The van der Waals surface area contributed by atoms with Gasteiger partial charge < -0.3 is 9.47 Å². The Balaban J connectivity index is 1.52. The summed E-state index contributed by atoms with van der Waals surface area (Å²) in [5, 5.41) is 1.31. The number of benzene rings is 3. The maximum atomic E-state index is 13.0. The molecular weight excluding hydrogens is 564 g/mol. The molecule has 1 fully saturated rings. The van der Waals surface area contributed by atoms with Gasteiger partial charge in [-0.25, -0.2) is 0 Å². The lowest BCUT2D eigenvalue weighted by Gasteiger charge is -2.15. The topological polar surface area (TPSA) is 55.8 Å². The first-order valence-corrected chi connectivity index (χ1v) is 13.1. The zero-order chi connectivity index (χ0) is 25.8. The molecule has 4 rings (SSSR count). The zero-order valence-corrected chi connectivity index (χ0v) is 22.7. The number of imide groups is 1. The lowest BCUT2D eigenvalue weighted by atomic mass is 10.1. The molecule has 0 atom stereocenters. The minimum atomic E-state index is -0.418. The summed E-state index contributed by atoms with van der Waals surface area (Å²) in [6, 6.07) is 15.6. The number of nitrogens with zero attached hydrogens (tertiary/aromatic N) is 1. The molecule has 2 amide bonds. The number of ether oxygens (including phenoxy) is 2. The van der Waals surface area contributed by atoms with Crippen molar-refractivity contribution in [1.82, 2.24) is 4.90 Å². The fourth-order valence-electron chi connectivity index (χ4n) is 3.42. The Labute approximate surface area is 232 Å². The second-order valence-electron chi connectivity index (χ2n) is 7.64. The standard InChI is InChI=1S/C26H19Cl4NO4S/c1-2-34-23-11-15(7-9-22(23)35-14-16-6-8-20(29)21(30)10-16)12-24-25(32)31(26(33)36-24)13-17-18(27)4-3-5-19(17)28/h3-12H,2,13-14H2,1H3/b24-12-. The van der Waals surface area contributed by atoms with E-state index in [4.69, 9.17) is 55.9 Å². The lowest BCUT2D eigenvalue weighted by Crippen LogP contribution is -2.27. The lowest BCUT2D eigenvalue weighted by molar-refractivity contribution is -0.123. The summed E-state index contributed by atoms with van der Waals surface area (Å²) >= 11 is 25.4. The van der Waals surface area contributed by atoms with Crippen molar-refractivity contribution in [2.75, 3.05) is 6.61 Å². The van der Waals surface area contributed by atoms with Crippen LogP contribution in [-0.2, 0) is 17.9 Å². The molecule has 0 saturated carbocycles. The van der Waals surface area contributed by atoms with Crippen molar-refractivity contribution in [3.8, 4) is 11.5 Å². The van der Waals surface area contributed by atoms with Gasteiger partial charge in [0.1, 0.15) is 6.61 Å². The molecule has 36 heavy (non-hydrogen) atoms. The third kappa shape index (κ3) is 6.13. The smallest absolute Gasteiger partial charge is 0.293 e. The van der Waals surface area contributed by atoms with E-state index in [1.54, 1.807) is 54.6 Å². The minimum Gasteiger partial charge on any atom is -0.490 e. The normalized spacial score (nSPS) is 14.6. The average Bonchev–Trinajstić information content (AvgIpc) is 3.10. The van der Waals surface area contributed by atoms with Crippen LogP contribution in [0.1, 0.15) is 23.6 Å². The number of rotatable bonds is 8. The van der Waals surface area contributed by atoms with E-state index in [0.717, 1.165) is 22.2 Å². The molecule has 1 saturated heterocycles. The Bertz CT molecular complexity index is 1340. The van der Waals surface area contributed by atoms with Crippen LogP contribution in [0.5, 0.6) is 11.5 Å². The Morgan fingerprint density at radius 1 is 0.861 bits per heavy atom. The average molecular weight is 583 g/mol. The highest BCUT2D eigenvalue weighted by Gasteiger charge is 2.35. The van der Waals surface area contributed by atoms with Crippen molar-refractivity contribution >= 4 is 75.4 Å². The highest BCUT2D eigenvalue weighted by Crippen LogP contribution is 2.37. The third-order valence-corrected chi connectivity index (χ3v) is 7.55. The number of hydrogen-bond acceptors (Lipinski definition) is 5. The number of carbonyl (C=O) groups is 2. The first-order chi connectivity index (χ1) is 17.3. The van der Waals surface area contributed by atoms with Crippen LogP contribution < -0.4 is 9.47 Å². The SMILES string of the molecule is CCOc1cc(/C=C2\SC(=O)N(Cc3c(Cl)cccc3Cl)C2=O)ccc1OCc1ccc(Cl)c(Cl)c1. The van der Waals surface area contributed by atoms with E-state index in [1.165, 1.54) is 0 Å². The molecular formula is C26H19Cl4NO4S. The van der Waals surface area contributed by atoms with E-state index in [1.807, 2.05) is 13.0 Å². The predicted molar refractivity (Wildman–Crippen MR) is 146 cm³/mol. The van der Waals surface area contributed by atoms with Crippen LogP contribution >= 0.6 is 58.2 Å². The van der Waals surface area contributed by atoms with Gasteiger partial charge in [0, 0.05) is 15.6 Å². The molecule has 1 aliphatic heterocycles. The molecule has 3 aromatic carbocycles. The summed E-state index contributed by atoms with van der Waals surface area (Å²) in [5.41, 5.74) is 2.05. The summed E-state index contributed by atoms with van der Waals surface area (Å²) in [4.78, 5) is 27.0. The molecule has 0 spiro atoms. The van der Waals surface area contributed by atoms with E-state index < -0.39 is 11.1 Å². The largest absolute Gasteiger partial charge is 0.490 e. The van der Waals surface area contributed by atoms with Crippen molar-refractivity contribution < 1.29 is 19.1 Å². The molecule has 186 valence electrons. The molecule has 1 aliphatic rings. The van der Waals surface area contributed by atoms with Crippen LogP contribution in [0, 0.1) is 0 Å². The zero-order valence-electron chi connectivity index (χ0n) is 18.9. The summed E-state index contributed by atoms with van der Waals surface area (Å²) in [6.07, 6.45) is 1.64. The number of thioether (sulfide) groups is 1. The summed E-state index contributed by atoms with van der Waals surface area (Å²) < 4.78 is 11.7. The fraction of sp³-hybridized carbons (Fsp3) is 0.154. The van der Waals surface area contributed by atoms with Gasteiger partial charge in [0.2, 0.25) is 0 Å². The summed E-state index contributed by atoms with van der Waals surface area (Å²) in [6.45, 7) is 2.54. The van der Waals surface area contributed by atoms with Crippen LogP contribution in [0.25, 0.3) is 6.08 Å². The van der Waals surface area contributed by atoms with Gasteiger partial charge in [-0.05, 0) is 72.3 Å². The van der Waals surface area contributed by atoms with Crippen LogP contribution in [0.2, 0.25) is 20.1 Å². The second kappa shape index (κ2) is 11.8. The monoisotopic (exact) mass is 581 g/mol. The van der Waals surface area contributed by atoms with Gasteiger partial charge in [0.25, 0.3) is 11.1 Å². The van der Waals surface area contributed by atoms with Gasteiger partial charge in [-0.15, -0.1) is 0 Å². The second-order valence-corrected chi connectivity index (χ2v) is 10.3. The molecule has 5 nitrogen and oxygen atoms in total. The maximum Gasteiger partial charge on any atom is 0.293 e. The van der Waals surface area contributed by atoms with E-state index in [0.29, 0.717) is 49.3 Å². The minimum absolute atomic E-state index is 0.00774.